The predicted molar refractivity (Wildman–Crippen MR) is 128 cm³/mol. The topological polar surface area (TPSA) is 98.6 Å². The van der Waals surface area contributed by atoms with Gasteiger partial charge in [-0.05, 0) is 54.3 Å². The van der Waals surface area contributed by atoms with Crippen LogP contribution in [-0.4, -0.2) is 33.2 Å². The molecule has 1 N–H and O–H groups in total. The predicted octanol–water partition coefficient (Wildman–Crippen LogP) is 4.74. The molecule has 4 rings (SSSR count). The molecule has 1 aliphatic rings. The molecule has 1 atom stereocenters. The van der Waals surface area contributed by atoms with Gasteiger partial charge in [-0.25, -0.2) is 4.79 Å². The average molecular weight is 469 g/mol. The van der Waals surface area contributed by atoms with Crippen LogP contribution in [0.25, 0.3) is 16.6 Å². The van der Waals surface area contributed by atoms with Crippen molar-refractivity contribution < 1.29 is 24.2 Å². The lowest BCUT2D eigenvalue weighted by Crippen LogP contribution is -2.29. The van der Waals surface area contributed by atoms with Gasteiger partial charge in [-0.1, -0.05) is 33.8 Å². The highest BCUT2D eigenvalue weighted by atomic mass is 32.1. The molecule has 2 heterocycles. The van der Waals surface area contributed by atoms with Gasteiger partial charge in [0.1, 0.15) is 23.1 Å². The number of benzene rings is 2. The van der Waals surface area contributed by atoms with E-state index in [0.717, 1.165) is 23.5 Å². The van der Waals surface area contributed by atoms with Crippen LogP contribution in [-0.2, 0) is 20.1 Å². The number of ether oxygens (including phenoxy) is 2. The number of rotatable bonds is 6. The van der Waals surface area contributed by atoms with Crippen LogP contribution in [0.3, 0.4) is 0 Å². The van der Waals surface area contributed by atoms with Crippen molar-refractivity contribution in [1.29, 1.82) is 0 Å². The van der Waals surface area contributed by atoms with E-state index in [0.29, 0.717) is 40.0 Å². The summed E-state index contributed by atoms with van der Waals surface area (Å²) in [5, 5.41) is 11.4. The van der Waals surface area contributed by atoms with Crippen molar-refractivity contribution in [2.75, 3.05) is 7.11 Å². The van der Waals surface area contributed by atoms with Gasteiger partial charge < -0.3 is 19.4 Å². The van der Waals surface area contributed by atoms with Gasteiger partial charge >= 0.3 is 5.97 Å². The largest absolute Gasteiger partial charge is 0.497 e. The fourth-order valence-electron chi connectivity index (χ4n) is 3.47. The summed E-state index contributed by atoms with van der Waals surface area (Å²) in [6.45, 7) is 7.78. The molecule has 1 aliphatic heterocycles. The molecule has 0 fully saturated rings. The third kappa shape index (κ3) is 5.29. The van der Waals surface area contributed by atoms with Crippen LogP contribution >= 0.6 is 11.7 Å². The van der Waals surface area contributed by atoms with Crippen LogP contribution in [0.4, 0.5) is 0 Å². The Labute approximate surface area is 197 Å². The Morgan fingerprint density at radius 3 is 2.30 bits per heavy atom. The number of esters is 1. The first-order valence-corrected chi connectivity index (χ1v) is 11.4. The minimum absolute atomic E-state index is 0.204. The molecule has 174 valence electrons. The van der Waals surface area contributed by atoms with E-state index < -0.39 is 11.8 Å². The van der Waals surface area contributed by atoms with Gasteiger partial charge in [0.15, 0.2) is 0 Å². The lowest BCUT2D eigenvalue weighted by molar-refractivity contribution is -0.185. The molecule has 0 amide bonds. The second-order valence-electron chi connectivity index (χ2n) is 8.56. The second-order valence-corrected chi connectivity index (χ2v) is 9.09. The minimum Gasteiger partial charge on any atom is -0.497 e. The van der Waals surface area contributed by atoms with Crippen molar-refractivity contribution in [3.63, 3.8) is 0 Å². The first kappa shape index (κ1) is 24.5. The van der Waals surface area contributed by atoms with Crippen molar-refractivity contribution in [3.8, 4) is 5.75 Å². The zero-order valence-corrected chi connectivity index (χ0v) is 20.2. The molecule has 0 radical (unpaired) electrons. The van der Waals surface area contributed by atoms with Crippen LogP contribution in [0.5, 0.6) is 5.75 Å². The summed E-state index contributed by atoms with van der Waals surface area (Å²) in [5.74, 6) is -1.27. The number of methoxy groups -OCH3 is 1. The normalized spacial score (nSPS) is 17.9. The molecule has 7 nitrogen and oxygen atoms in total. The first-order valence-electron chi connectivity index (χ1n) is 10.7. The number of hydrogen-bond donors (Lipinski definition) is 1. The SMILES string of the molecule is CC(C)C=O.COc1ccc(C2(O)OC(=O)C(c3ccc4nsnc4c3)=C2CC(C)C)cc1. The Balaban J connectivity index is 0.000000555. The molecule has 1 aromatic heterocycles. The zero-order chi connectivity index (χ0) is 24.2. The number of aldehydes is 1. The van der Waals surface area contributed by atoms with Crippen molar-refractivity contribution in [1.82, 2.24) is 8.75 Å². The molecular formula is C25H28N2O5S. The summed E-state index contributed by atoms with van der Waals surface area (Å²) in [5.41, 5.74) is 3.60. The van der Waals surface area contributed by atoms with Crippen LogP contribution in [0.1, 0.15) is 45.2 Å². The fraction of sp³-hybridized carbons (Fsp3) is 0.360. The molecule has 3 aromatic rings. The molecule has 0 saturated carbocycles. The summed E-state index contributed by atoms with van der Waals surface area (Å²) in [6, 6.07) is 12.4. The highest BCUT2D eigenvalue weighted by Crippen LogP contribution is 2.46. The van der Waals surface area contributed by atoms with Crippen LogP contribution in [0.15, 0.2) is 48.0 Å². The van der Waals surface area contributed by atoms with E-state index in [4.69, 9.17) is 9.47 Å². The maximum atomic E-state index is 12.9. The molecule has 0 saturated heterocycles. The zero-order valence-electron chi connectivity index (χ0n) is 19.4. The van der Waals surface area contributed by atoms with Gasteiger partial charge in [0, 0.05) is 17.1 Å². The fourth-order valence-corrected chi connectivity index (χ4v) is 3.99. The second kappa shape index (κ2) is 10.2. The number of aromatic nitrogens is 2. The van der Waals surface area contributed by atoms with E-state index in [1.807, 2.05) is 45.9 Å². The maximum absolute atomic E-state index is 12.9. The average Bonchev–Trinajstić information content (AvgIpc) is 3.35. The molecule has 0 aliphatic carbocycles. The number of hydrogen-bond acceptors (Lipinski definition) is 8. The third-order valence-electron chi connectivity index (χ3n) is 5.06. The number of nitrogens with zero attached hydrogens (tertiary/aromatic N) is 2. The number of fused-ring (bicyclic) bond motifs is 1. The van der Waals surface area contributed by atoms with E-state index >= 15 is 0 Å². The minimum atomic E-state index is -1.81. The number of carbonyl (C=O) groups is 2. The Kier molecular flexibility index (Phi) is 7.61. The summed E-state index contributed by atoms with van der Waals surface area (Å²) in [7, 11) is 1.57. The van der Waals surface area contributed by atoms with Crippen LogP contribution in [0.2, 0.25) is 0 Å². The van der Waals surface area contributed by atoms with E-state index in [1.165, 1.54) is 0 Å². The van der Waals surface area contributed by atoms with Crippen molar-refractivity contribution in [3.05, 3.63) is 59.2 Å². The Hall–Kier alpha value is -3.10. The summed E-state index contributed by atoms with van der Waals surface area (Å²) in [4.78, 5) is 22.4. The summed E-state index contributed by atoms with van der Waals surface area (Å²) in [6.07, 6.45) is 1.43. The number of cyclic esters (lactones) is 1. The quantitative estimate of drug-likeness (QED) is 0.412. The highest BCUT2D eigenvalue weighted by molar-refractivity contribution is 7.00. The number of carbonyl (C=O) groups excluding carboxylic acids is 2. The standard InChI is InChI=1S/C21H20N2O4S.C4H8O/c1-12(2)10-16-19(13-4-9-17-18(11-13)23-28-22-17)20(24)27-21(16,25)14-5-7-15(26-3)8-6-14;1-4(2)3-5/h4-9,11-12,25H,10H2,1-3H3;3-4H,1-2H3. The molecule has 2 aromatic carbocycles. The van der Waals surface area contributed by atoms with Crippen LogP contribution < -0.4 is 4.74 Å². The smallest absolute Gasteiger partial charge is 0.341 e. The van der Waals surface area contributed by atoms with Crippen molar-refractivity contribution in [2.45, 2.75) is 39.9 Å². The molecule has 0 bridgehead atoms. The van der Waals surface area contributed by atoms with Crippen molar-refractivity contribution >= 4 is 40.6 Å². The van der Waals surface area contributed by atoms with Crippen LogP contribution in [0, 0.1) is 11.8 Å². The molecular weight excluding hydrogens is 440 g/mol. The van der Waals surface area contributed by atoms with E-state index in [2.05, 4.69) is 8.75 Å². The molecule has 1 unspecified atom stereocenters. The molecule has 0 spiro atoms. The molecule has 8 heteroatoms. The summed E-state index contributed by atoms with van der Waals surface area (Å²) < 4.78 is 19.2. The van der Waals surface area contributed by atoms with Gasteiger partial charge in [0.05, 0.1) is 24.4 Å². The van der Waals surface area contributed by atoms with E-state index in [-0.39, 0.29) is 11.8 Å². The maximum Gasteiger partial charge on any atom is 0.341 e. The first-order chi connectivity index (χ1) is 15.7. The Morgan fingerprint density at radius 2 is 1.73 bits per heavy atom. The monoisotopic (exact) mass is 468 g/mol. The van der Waals surface area contributed by atoms with Gasteiger partial charge in [-0.2, -0.15) is 8.75 Å². The van der Waals surface area contributed by atoms with E-state index in [9.17, 15) is 14.7 Å². The Bertz CT molecular complexity index is 1170. The Morgan fingerprint density at radius 1 is 1.09 bits per heavy atom. The lowest BCUT2D eigenvalue weighted by atomic mass is 9.87. The third-order valence-corrected chi connectivity index (χ3v) is 5.62. The van der Waals surface area contributed by atoms with E-state index in [1.54, 1.807) is 31.4 Å². The van der Waals surface area contributed by atoms with Gasteiger partial charge in [-0.15, -0.1) is 0 Å². The highest BCUT2D eigenvalue weighted by Gasteiger charge is 2.48. The van der Waals surface area contributed by atoms with Gasteiger partial charge in [-0.3, -0.25) is 0 Å². The van der Waals surface area contributed by atoms with Crippen molar-refractivity contribution in [2.24, 2.45) is 11.8 Å². The molecule has 33 heavy (non-hydrogen) atoms. The van der Waals surface area contributed by atoms with Gasteiger partial charge in [0.25, 0.3) is 5.79 Å². The number of aliphatic hydroxyl groups is 1. The lowest BCUT2D eigenvalue weighted by Gasteiger charge is -2.26. The summed E-state index contributed by atoms with van der Waals surface area (Å²) >= 11 is 1.12. The van der Waals surface area contributed by atoms with Gasteiger partial charge in [0.2, 0.25) is 0 Å².